The second-order valence-electron chi connectivity index (χ2n) is 5.53. The lowest BCUT2D eigenvalue weighted by Crippen LogP contribution is -2.32. The Hall–Kier alpha value is -2.36. The molecule has 2 heterocycles. The minimum absolute atomic E-state index is 0.0747. The standard InChI is InChI=1S/C18H20N2O2/c21-14-20-12-5-4-10-17(20)16-9-6-11-19-18(16)22-13-15-7-2-1-3-8-15/h1-3,6-9,11,14,17H,4-5,10,12-13H2/t17-/m1/s1. The Kier molecular flexibility index (Phi) is 4.68. The van der Waals surface area contributed by atoms with E-state index in [2.05, 4.69) is 4.98 Å². The molecule has 114 valence electrons. The van der Waals surface area contributed by atoms with Gasteiger partial charge >= 0.3 is 0 Å². The van der Waals surface area contributed by atoms with E-state index in [1.165, 1.54) is 0 Å². The van der Waals surface area contributed by atoms with E-state index in [0.29, 0.717) is 12.5 Å². The summed E-state index contributed by atoms with van der Waals surface area (Å²) in [7, 11) is 0. The number of amides is 1. The molecule has 4 nitrogen and oxygen atoms in total. The molecule has 1 amide bonds. The van der Waals surface area contributed by atoms with Gasteiger partial charge < -0.3 is 9.64 Å². The van der Waals surface area contributed by atoms with Crippen molar-refractivity contribution in [2.45, 2.75) is 31.9 Å². The maximum absolute atomic E-state index is 11.3. The number of hydrogen-bond acceptors (Lipinski definition) is 3. The third-order valence-electron chi connectivity index (χ3n) is 4.06. The third-order valence-corrected chi connectivity index (χ3v) is 4.06. The fourth-order valence-electron chi connectivity index (χ4n) is 2.92. The van der Waals surface area contributed by atoms with Gasteiger partial charge in [-0.25, -0.2) is 4.98 Å². The number of likely N-dealkylation sites (tertiary alicyclic amines) is 1. The molecule has 3 rings (SSSR count). The Morgan fingerprint density at radius 2 is 2.05 bits per heavy atom. The molecule has 22 heavy (non-hydrogen) atoms. The van der Waals surface area contributed by atoms with Crippen LogP contribution in [0.3, 0.4) is 0 Å². The highest BCUT2D eigenvalue weighted by atomic mass is 16.5. The number of hydrogen-bond donors (Lipinski definition) is 0. The first-order chi connectivity index (χ1) is 10.9. The summed E-state index contributed by atoms with van der Waals surface area (Å²) >= 11 is 0. The summed E-state index contributed by atoms with van der Waals surface area (Å²) in [6, 6.07) is 14.0. The van der Waals surface area contributed by atoms with Crippen LogP contribution >= 0.6 is 0 Å². The van der Waals surface area contributed by atoms with Gasteiger partial charge in [-0.15, -0.1) is 0 Å². The fourth-order valence-corrected chi connectivity index (χ4v) is 2.92. The molecule has 1 saturated heterocycles. The average molecular weight is 296 g/mol. The second kappa shape index (κ2) is 7.07. The van der Waals surface area contributed by atoms with E-state index in [4.69, 9.17) is 4.74 Å². The van der Waals surface area contributed by atoms with Gasteiger partial charge in [0, 0.05) is 18.3 Å². The molecule has 1 aromatic heterocycles. The Bertz CT molecular complexity index is 615. The zero-order chi connectivity index (χ0) is 15.2. The van der Waals surface area contributed by atoms with Crippen LogP contribution in [-0.4, -0.2) is 22.8 Å². The number of benzene rings is 1. The smallest absolute Gasteiger partial charge is 0.218 e. The minimum atomic E-state index is 0.0747. The van der Waals surface area contributed by atoms with Crippen molar-refractivity contribution in [1.29, 1.82) is 0 Å². The molecule has 0 spiro atoms. The van der Waals surface area contributed by atoms with Crippen LogP contribution in [0.25, 0.3) is 0 Å². The third kappa shape index (κ3) is 3.27. The molecule has 0 saturated carbocycles. The summed E-state index contributed by atoms with van der Waals surface area (Å²) in [4.78, 5) is 17.5. The maximum Gasteiger partial charge on any atom is 0.218 e. The largest absolute Gasteiger partial charge is 0.473 e. The van der Waals surface area contributed by atoms with E-state index in [1.54, 1.807) is 6.20 Å². The summed E-state index contributed by atoms with van der Waals surface area (Å²) < 4.78 is 5.92. The fraction of sp³-hybridized carbons (Fsp3) is 0.333. The molecule has 1 aromatic carbocycles. The highest BCUT2D eigenvalue weighted by Crippen LogP contribution is 2.34. The lowest BCUT2D eigenvalue weighted by molar-refractivity contribution is -0.121. The Labute approximate surface area is 130 Å². The molecular formula is C18H20N2O2. The topological polar surface area (TPSA) is 42.4 Å². The summed E-state index contributed by atoms with van der Waals surface area (Å²) in [5.41, 5.74) is 2.11. The average Bonchev–Trinajstić information content (AvgIpc) is 2.61. The van der Waals surface area contributed by atoms with Gasteiger partial charge in [0.25, 0.3) is 0 Å². The molecule has 0 N–H and O–H groups in total. The van der Waals surface area contributed by atoms with Crippen LogP contribution in [0.4, 0.5) is 0 Å². The van der Waals surface area contributed by atoms with Gasteiger partial charge in [0.2, 0.25) is 12.3 Å². The van der Waals surface area contributed by atoms with Crippen molar-refractivity contribution in [3.8, 4) is 5.88 Å². The zero-order valence-electron chi connectivity index (χ0n) is 12.5. The SMILES string of the molecule is O=CN1CCCC[C@@H]1c1cccnc1OCc1ccccc1. The molecule has 0 aliphatic carbocycles. The van der Waals surface area contributed by atoms with Crippen LogP contribution in [0.15, 0.2) is 48.7 Å². The number of aromatic nitrogens is 1. The molecule has 1 aliphatic heterocycles. The van der Waals surface area contributed by atoms with Crippen molar-refractivity contribution < 1.29 is 9.53 Å². The number of piperidine rings is 1. The van der Waals surface area contributed by atoms with Crippen LogP contribution in [0.5, 0.6) is 5.88 Å². The van der Waals surface area contributed by atoms with Crippen molar-refractivity contribution in [1.82, 2.24) is 9.88 Å². The molecule has 1 aliphatic rings. The highest BCUT2D eigenvalue weighted by molar-refractivity contribution is 5.50. The van der Waals surface area contributed by atoms with E-state index < -0.39 is 0 Å². The Balaban J connectivity index is 1.78. The quantitative estimate of drug-likeness (QED) is 0.795. The number of pyridine rings is 1. The van der Waals surface area contributed by atoms with Crippen molar-refractivity contribution in [3.63, 3.8) is 0 Å². The first-order valence-corrected chi connectivity index (χ1v) is 7.71. The van der Waals surface area contributed by atoms with Crippen LogP contribution in [-0.2, 0) is 11.4 Å². The molecule has 0 bridgehead atoms. The predicted molar refractivity (Wildman–Crippen MR) is 84.4 cm³/mol. The highest BCUT2D eigenvalue weighted by Gasteiger charge is 2.25. The van der Waals surface area contributed by atoms with Crippen molar-refractivity contribution in [2.75, 3.05) is 6.54 Å². The minimum Gasteiger partial charge on any atom is -0.473 e. The number of ether oxygens (including phenoxy) is 1. The van der Waals surface area contributed by atoms with E-state index >= 15 is 0 Å². The van der Waals surface area contributed by atoms with E-state index in [-0.39, 0.29) is 6.04 Å². The van der Waals surface area contributed by atoms with Gasteiger partial charge in [-0.2, -0.15) is 0 Å². The molecule has 2 aromatic rings. The van der Waals surface area contributed by atoms with Crippen LogP contribution in [0, 0.1) is 0 Å². The zero-order valence-corrected chi connectivity index (χ0v) is 12.5. The van der Waals surface area contributed by atoms with Gasteiger partial charge in [0.05, 0.1) is 6.04 Å². The Morgan fingerprint density at radius 3 is 2.86 bits per heavy atom. The van der Waals surface area contributed by atoms with Crippen molar-refractivity contribution >= 4 is 6.41 Å². The lowest BCUT2D eigenvalue weighted by Gasteiger charge is -2.33. The summed E-state index contributed by atoms with van der Waals surface area (Å²) in [5, 5.41) is 0. The number of rotatable bonds is 5. The number of carbonyl (C=O) groups is 1. The summed E-state index contributed by atoms with van der Waals surface area (Å²) in [6.07, 6.45) is 5.83. The molecule has 4 heteroatoms. The molecular weight excluding hydrogens is 276 g/mol. The molecule has 1 fully saturated rings. The van der Waals surface area contributed by atoms with Gasteiger partial charge in [-0.3, -0.25) is 4.79 Å². The lowest BCUT2D eigenvalue weighted by atomic mass is 9.96. The molecule has 0 radical (unpaired) electrons. The first-order valence-electron chi connectivity index (χ1n) is 7.71. The normalized spacial score (nSPS) is 18.0. The monoisotopic (exact) mass is 296 g/mol. The van der Waals surface area contributed by atoms with Gasteiger partial charge in [0.1, 0.15) is 6.61 Å². The van der Waals surface area contributed by atoms with Gasteiger partial charge in [-0.1, -0.05) is 36.4 Å². The van der Waals surface area contributed by atoms with Crippen molar-refractivity contribution in [2.24, 2.45) is 0 Å². The summed E-state index contributed by atoms with van der Waals surface area (Å²) in [6.45, 7) is 1.29. The van der Waals surface area contributed by atoms with Crippen LogP contribution < -0.4 is 4.74 Å². The van der Waals surface area contributed by atoms with Gasteiger partial charge in [-0.05, 0) is 30.9 Å². The van der Waals surface area contributed by atoms with E-state index in [0.717, 1.165) is 43.3 Å². The van der Waals surface area contributed by atoms with Gasteiger partial charge in [0.15, 0.2) is 0 Å². The number of carbonyl (C=O) groups excluding carboxylic acids is 1. The van der Waals surface area contributed by atoms with Crippen LogP contribution in [0.2, 0.25) is 0 Å². The molecule has 0 unspecified atom stereocenters. The summed E-state index contributed by atoms with van der Waals surface area (Å²) in [5.74, 6) is 0.630. The van der Waals surface area contributed by atoms with Crippen LogP contribution in [0.1, 0.15) is 36.4 Å². The maximum atomic E-state index is 11.3. The van der Waals surface area contributed by atoms with Crippen molar-refractivity contribution in [3.05, 3.63) is 59.8 Å². The Morgan fingerprint density at radius 1 is 1.18 bits per heavy atom. The van der Waals surface area contributed by atoms with E-state index in [9.17, 15) is 4.79 Å². The first kappa shape index (κ1) is 14.6. The predicted octanol–water partition coefficient (Wildman–Crippen LogP) is 3.34. The molecule has 1 atom stereocenters. The second-order valence-corrected chi connectivity index (χ2v) is 5.53. The number of nitrogens with zero attached hydrogens (tertiary/aromatic N) is 2. The van der Waals surface area contributed by atoms with E-state index in [1.807, 2.05) is 47.4 Å².